The lowest BCUT2D eigenvalue weighted by molar-refractivity contribution is -0.157. The lowest BCUT2D eigenvalue weighted by Gasteiger charge is -2.22. The van der Waals surface area contributed by atoms with Crippen LogP contribution >= 0.6 is 0 Å². The van der Waals surface area contributed by atoms with E-state index in [1.54, 1.807) is 30.3 Å². The molecule has 6 heteroatoms. The van der Waals surface area contributed by atoms with Crippen LogP contribution in [0.1, 0.15) is 36.5 Å². The molecule has 2 aliphatic carbocycles. The normalized spacial score (nSPS) is 30.4. The second kappa shape index (κ2) is 6.34. The molecule has 2 bridgehead atoms. The Bertz CT molecular complexity index is 746. The summed E-state index contributed by atoms with van der Waals surface area (Å²) in [5.41, 5.74) is 0.451. The number of carbonyl (C=O) groups is 4. The third-order valence-electron chi connectivity index (χ3n) is 6.13. The number of benzene rings is 1. The molecule has 3 aliphatic rings. The molecule has 1 saturated heterocycles. The molecule has 2 saturated carbocycles. The van der Waals surface area contributed by atoms with Crippen molar-refractivity contribution in [2.24, 2.45) is 23.7 Å². The minimum absolute atomic E-state index is 0.244. The Labute approximate surface area is 151 Å². The predicted molar refractivity (Wildman–Crippen MR) is 90.9 cm³/mol. The fourth-order valence-electron chi connectivity index (χ4n) is 4.88. The summed E-state index contributed by atoms with van der Waals surface area (Å²) in [6, 6.07) is 7.54. The summed E-state index contributed by atoms with van der Waals surface area (Å²) in [7, 11) is 0. The number of esters is 1. The van der Waals surface area contributed by atoms with Crippen LogP contribution in [0.3, 0.4) is 0 Å². The molecule has 26 heavy (non-hydrogen) atoms. The standard InChI is InChI=1S/C20H21NO5/c1-11(20(25)26-10-15(22)12-5-3-2-4-6-12)21-18(23)16-13-7-8-14(9-13)17(16)19(21)24/h2-6,11,13-14,16-17H,7-10H2,1H3/t11-,13+,14+,16-,17-/m1/s1. The second-order valence-electron chi connectivity index (χ2n) is 7.50. The zero-order chi connectivity index (χ0) is 18.4. The molecule has 0 spiro atoms. The summed E-state index contributed by atoms with van der Waals surface area (Å²) in [6.07, 6.45) is 2.93. The molecule has 0 N–H and O–H groups in total. The first-order valence-electron chi connectivity index (χ1n) is 9.11. The maximum absolute atomic E-state index is 12.7. The average Bonchev–Trinajstić information content (AvgIpc) is 3.33. The van der Waals surface area contributed by atoms with E-state index in [0.717, 1.165) is 24.2 Å². The Balaban J connectivity index is 1.40. The first-order valence-corrected chi connectivity index (χ1v) is 9.11. The van der Waals surface area contributed by atoms with E-state index in [1.807, 2.05) is 0 Å². The van der Waals surface area contributed by atoms with Crippen LogP contribution in [0.4, 0.5) is 0 Å². The van der Waals surface area contributed by atoms with Crippen LogP contribution in [0.2, 0.25) is 0 Å². The van der Waals surface area contributed by atoms with Crippen LogP contribution in [0.25, 0.3) is 0 Å². The van der Waals surface area contributed by atoms with Gasteiger partial charge in [0, 0.05) is 5.56 Å². The first kappa shape index (κ1) is 16.9. The van der Waals surface area contributed by atoms with Gasteiger partial charge < -0.3 is 4.74 Å². The van der Waals surface area contributed by atoms with Crippen molar-refractivity contribution >= 4 is 23.6 Å². The number of hydrogen-bond donors (Lipinski definition) is 0. The maximum Gasteiger partial charge on any atom is 0.329 e. The van der Waals surface area contributed by atoms with Crippen LogP contribution in [-0.2, 0) is 19.1 Å². The molecule has 0 unspecified atom stereocenters. The number of nitrogens with zero attached hydrogens (tertiary/aromatic N) is 1. The molecule has 4 rings (SSSR count). The van der Waals surface area contributed by atoms with Crippen LogP contribution < -0.4 is 0 Å². The topological polar surface area (TPSA) is 80.8 Å². The second-order valence-corrected chi connectivity index (χ2v) is 7.50. The molecular weight excluding hydrogens is 334 g/mol. The Kier molecular flexibility index (Phi) is 4.13. The Morgan fingerprint density at radius 1 is 1.08 bits per heavy atom. The van der Waals surface area contributed by atoms with Gasteiger partial charge in [-0.1, -0.05) is 30.3 Å². The third kappa shape index (κ3) is 2.55. The van der Waals surface area contributed by atoms with Crippen molar-refractivity contribution in [3.8, 4) is 0 Å². The maximum atomic E-state index is 12.7. The molecule has 6 nitrogen and oxygen atoms in total. The summed E-state index contributed by atoms with van der Waals surface area (Å²) in [6.45, 7) is 1.09. The van der Waals surface area contributed by atoms with E-state index in [1.165, 1.54) is 6.92 Å². The monoisotopic (exact) mass is 355 g/mol. The first-order chi connectivity index (χ1) is 12.5. The van der Waals surface area contributed by atoms with Crippen LogP contribution in [-0.4, -0.2) is 41.1 Å². The van der Waals surface area contributed by atoms with Crippen molar-refractivity contribution in [1.82, 2.24) is 4.90 Å². The highest BCUT2D eigenvalue weighted by atomic mass is 16.5. The fraction of sp³-hybridized carbons (Fsp3) is 0.500. The summed E-state index contributed by atoms with van der Waals surface area (Å²) >= 11 is 0. The van der Waals surface area contributed by atoms with E-state index in [9.17, 15) is 19.2 Å². The molecule has 5 atom stereocenters. The number of fused-ring (bicyclic) bond motifs is 5. The van der Waals surface area contributed by atoms with Gasteiger partial charge in [0.15, 0.2) is 12.4 Å². The molecule has 1 heterocycles. The van der Waals surface area contributed by atoms with Crippen LogP contribution in [0.15, 0.2) is 30.3 Å². The molecular formula is C20H21NO5. The number of rotatable bonds is 5. The zero-order valence-electron chi connectivity index (χ0n) is 14.6. The Hall–Kier alpha value is -2.50. The van der Waals surface area contributed by atoms with Gasteiger partial charge >= 0.3 is 5.97 Å². The molecule has 0 aromatic heterocycles. The molecule has 1 aromatic rings. The van der Waals surface area contributed by atoms with E-state index >= 15 is 0 Å². The highest BCUT2D eigenvalue weighted by Gasteiger charge is 2.62. The molecule has 1 aromatic carbocycles. The Morgan fingerprint density at radius 2 is 1.65 bits per heavy atom. The van der Waals surface area contributed by atoms with Crippen LogP contribution in [0.5, 0.6) is 0 Å². The van der Waals surface area contributed by atoms with E-state index < -0.39 is 18.6 Å². The minimum Gasteiger partial charge on any atom is -0.456 e. The largest absolute Gasteiger partial charge is 0.456 e. The number of Topliss-reactive ketones (excluding diaryl/α,β-unsaturated/α-hetero) is 1. The SMILES string of the molecule is C[C@H](C(=O)OCC(=O)c1ccccc1)N1C(=O)[C@@H]2[C@H]3CC[C@@H](C3)[C@H]2C1=O. The van der Waals surface area contributed by atoms with Crippen molar-refractivity contribution in [3.63, 3.8) is 0 Å². The molecule has 3 fully saturated rings. The van der Waals surface area contributed by atoms with Gasteiger partial charge in [-0.2, -0.15) is 0 Å². The van der Waals surface area contributed by atoms with Crippen molar-refractivity contribution < 1.29 is 23.9 Å². The van der Waals surface area contributed by atoms with Gasteiger partial charge in [-0.15, -0.1) is 0 Å². The van der Waals surface area contributed by atoms with Crippen molar-refractivity contribution in [3.05, 3.63) is 35.9 Å². The minimum atomic E-state index is -0.997. The van der Waals surface area contributed by atoms with E-state index in [-0.39, 0.29) is 41.3 Å². The summed E-state index contributed by atoms with van der Waals surface area (Å²) in [4.78, 5) is 50.9. The third-order valence-corrected chi connectivity index (χ3v) is 6.13. The van der Waals surface area contributed by atoms with Gasteiger partial charge in [0.25, 0.3) is 0 Å². The number of carbonyl (C=O) groups excluding carboxylic acids is 4. The quantitative estimate of drug-likeness (QED) is 0.457. The molecule has 2 amide bonds. The molecule has 0 radical (unpaired) electrons. The van der Waals surface area contributed by atoms with Crippen molar-refractivity contribution in [2.45, 2.75) is 32.2 Å². The van der Waals surface area contributed by atoms with E-state index in [0.29, 0.717) is 5.56 Å². The van der Waals surface area contributed by atoms with Gasteiger partial charge in [-0.05, 0) is 38.0 Å². The van der Waals surface area contributed by atoms with Gasteiger partial charge in [0.1, 0.15) is 6.04 Å². The average molecular weight is 355 g/mol. The molecule has 136 valence electrons. The van der Waals surface area contributed by atoms with E-state index in [4.69, 9.17) is 4.74 Å². The van der Waals surface area contributed by atoms with Gasteiger partial charge in [0.05, 0.1) is 11.8 Å². The molecule has 1 aliphatic heterocycles. The smallest absolute Gasteiger partial charge is 0.329 e. The van der Waals surface area contributed by atoms with Gasteiger partial charge in [-0.25, -0.2) is 4.79 Å². The Morgan fingerprint density at radius 3 is 2.23 bits per heavy atom. The lowest BCUT2D eigenvalue weighted by atomic mass is 9.81. The van der Waals surface area contributed by atoms with E-state index in [2.05, 4.69) is 0 Å². The summed E-state index contributed by atoms with van der Waals surface area (Å²) in [5, 5.41) is 0. The lowest BCUT2D eigenvalue weighted by Crippen LogP contribution is -2.45. The highest BCUT2D eigenvalue weighted by Crippen LogP contribution is 2.56. The van der Waals surface area contributed by atoms with Crippen molar-refractivity contribution in [2.75, 3.05) is 6.61 Å². The van der Waals surface area contributed by atoms with Gasteiger partial charge in [0.2, 0.25) is 11.8 Å². The number of ether oxygens (including phenoxy) is 1. The number of hydrogen-bond acceptors (Lipinski definition) is 5. The number of ketones is 1. The fourth-order valence-corrected chi connectivity index (χ4v) is 4.88. The predicted octanol–water partition coefficient (Wildman–Crippen LogP) is 1.83. The van der Waals surface area contributed by atoms with Gasteiger partial charge in [-0.3, -0.25) is 19.3 Å². The van der Waals surface area contributed by atoms with Crippen LogP contribution in [0, 0.1) is 23.7 Å². The summed E-state index contributed by atoms with van der Waals surface area (Å²) in [5.74, 6) is -1.51. The zero-order valence-corrected chi connectivity index (χ0v) is 14.6. The number of likely N-dealkylation sites (tertiary alicyclic amines) is 1. The highest BCUT2D eigenvalue weighted by molar-refractivity contribution is 6.08. The van der Waals surface area contributed by atoms with Crippen molar-refractivity contribution in [1.29, 1.82) is 0 Å². The number of amides is 2. The number of imide groups is 1. The summed E-state index contributed by atoms with van der Waals surface area (Å²) < 4.78 is 5.09.